The number of carbonyl (C=O) groups excluding carboxylic acids is 1. The van der Waals surface area contributed by atoms with Crippen LogP contribution in [0.5, 0.6) is 0 Å². The molecule has 0 spiro atoms. The molecule has 1 aliphatic rings. The van der Waals surface area contributed by atoms with Crippen molar-refractivity contribution in [3.63, 3.8) is 0 Å². The number of rotatable bonds is 4. The molecule has 1 aromatic carbocycles. The maximum absolute atomic E-state index is 13.0. The number of benzene rings is 1. The molecule has 0 radical (unpaired) electrons. The highest BCUT2D eigenvalue weighted by Gasteiger charge is 2.27. The molecule has 0 heterocycles. The van der Waals surface area contributed by atoms with E-state index in [0.717, 1.165) is 5.92 Å². The Morgan fingerprint density at radius 2 is 2.29 bits per heavy atom. The van der Waals surface area contributed by atoms with Crippen LogP contribution in [-0.4, -0.2) is 12.5 Å². The first-order chi connectivity index (χ1) is 8.08. The Balaban J connectivity index is 1.92. The normalized spacial score (nSPS) is 16.6. The number of hydrogen-bond acceptors (Lipinski definition) is 1. The molecule has 1 saturated carbocycles. The SMILES string of the molecule is CC(CNC(=O)c1ccc(F)c(Br)c1)C1CC1. The topological polar surface area (TPSA) is 29.1 Å². The molecule has 1 N–H and O–H groups in total. The Kier molecular flexibility index (Phi) is 3.82. The van der Waals surface area contributed by atoms with Gasteiger partial charge < -0.3 is 5.32 Å². The van der Waals surface area contributed by atoms with Crippen molar-refractivity contribution >= 4 is 21.8 Å². The molecule has 2 rings (SSSR count). The van der Waals surface area contributed by atoms with Gasteiger partial charge in [-0.15, -0.1) is 0 Å². The molecule has 92 valence electrons. The molecule has 1 aromatic rings. The first kappa shape index (κ1) is 12.6. The van der Waals surface area contributed by atoms with Crippen LogP contribution in [0, 0.1) is 17.7 Å². The fraction of sp³-hybridized carbons (Fsp3) is 0.462. The van der Waals surface area contributed by atoms with Crippen molar-refractivity contribution in [1.82, 2.24) is 5.32 Å². The zero-order valence-corrected chi connectivity index (χ0v) is 11.3. The summed E-state index contributed by atoms with van der Waals surface area (Å²) < 4.78 is 13.3. The van der Waals surface area contributed by atoms with Gasteiger partial charge in [-0.25, -0.2) is 4.39 Å². The molecule has 2 nitrogen and oxygen atoms in total. The minimum Gasteiger partial charge on any atom is -0.352 e. The Labute approximate surface area is 109 Å². The fourth-order valence-electron chi connectivity index (χ4n) is 1.83. The molecule has 0 saturated heterocycles. The van der Waals surface area contributed by atoms with Crippen LogP contribution in [0.4, 0.5) is 4.39 Å². The molecule has 4 heteroatoms. The van der Waals surface area contributed by atoms with Crippen molar-refractivity contribution in [2.24, 2.45) is 11.8 Å². The summed E-state index contributed by atoms with van der Waals surface area (Å²) in [7, 11) is 0. The van der Waals surface area contributed by atoms with Crippen LogP contribution in [-0.2, 0) is 0 Å². The van der Waals surface area contributed by atoms with Crippen molar-refractivity contribution in [3.8, 4) is 0 Å². The molecule has 17 heavy (non-hydrogen) atoms. The quantitative estimate of drug-likeness (QED) is 0.907. The van der Waals surface area contributed by atoms with Gasteiger partial charge in [0.15, 0.2) is 0 Å². The number of nitrogens with one attached hydrogen (secondary N) is 1. The highest BCUT2D eigenvalue weighted by atomic mass is 79.9. The van der Waals surface area contributed by atoms with Gasteiger partial charge in [0, 0.05) is 12.1 Å². The van der Waals surface area contributed by atoms with E-state index < -0.39 is 0 Å². The first-order valence-corrected chi connectivity index (χ1v) is 6.60. The summed E-state index contributed by atoms with van der Waals surface area (Å²) in [6.45, 7) is 2.84. The van der Waals surface area contributed by atoms with E-state index in [2.05, 4.69) is 28.2 Å². The second-order valence-corrected chi connectivity index (χ2v) is 5.51. The lowest BCUT2D eigenvalue weighted by molar-refractivity contribution is 0.0946. The standard InChI is InChI=1S/C13H15BrFNO/c1-8(9-2-3-9)7-16-13(17)10-4-5-12(15)11(14)6-10/h4-6,8-9H,2-3,7H2,1H3,(H,16,17). The van der Waals surface area contributed by atoms with E-state index in [9.17, 15) is 9.18 Å². The maximum atomic E-state index is 13.0. The van der Waals surface area contributed by atoms with Gasteiger partial charge in [0.25, 0.3) is 5.91 Å². The monoisotopic (exact) mass is 299 g/mol. The second-order valence-electron chi connectivity index (χ2n) is 4.65. The summed E-state index contributed by atoms with van der Waals surface area (Å²) in [5.74, 6) is 0.809. The summed E-state index contributed by atoms with van der Waals surface area (Å²) in [5, 5.41) is 2.88. The molecular weight excluding hydrogens is 285 g/mol. The number of hydrogen-bond donors (Lipinski definition) is 1. The number of amides is 1. The van der Waals surface area contributed by atoms with E-state index in [0.29, 0.717) is 22.5 Å². The highest BCUT2D eigenvalue weighted by Crippen LogP contribution is 2.36. The van der Waals surface area contributed by atoms with Crippen LogP contribution in [0.3, 0.4) is 0 Å². The maximum Gasteiger partial charge on any atom is 0.251 e. The molecule has 0 bridgehead atoms. The van der Waals surface area contributed by atoms with Crippen molar-refractivity contribution in [1.29, 1.82) is 0 Å². The Morgan fingerprint density at radius 1 is 1.59 bits per heavy atom. The summed E-state index contributed by atoms with van der Waals surface area (Å²) in [5.41, 5.74) is 0.487. The third-order valence-electron chi connectivity index (χ3n) is 3.19. The van der Waals surface area contributed by atoms with Crippen molar-refractivity contribution in [3.05, 3.63) is 34.1 Å². The fourth-order valence-corrected chi connectivity index (χ4v) is 2.20. The van der Waals surface area contributed by atoms with Gasteiger partial charge in [-0.1, -0.05) is 6.92 Å². The van der Waals surface area contributed by atoms with E-state index in [1.807, 2.05) is 0 Å². The summed E-state index contributed by atoms with van der Waals surface area (Å²) in [6.07, 6.45) is 2.55. The van der Waals surface area contributed by atoms with Crippen LogP contribution in [0.15, 0.2) is 22.7 Å². The molecule has 1 unspecified atom stereocenters. The van der Waals surface area contributed by atoms with E-state index in [1.54, 1.807) is 0 Å². The van der Waals surface area contributed by atoms with Gasteiger partial charge in [-0.3, -0.25) is 4.79 Å². The van der Waals surface area contributed by atoms with Gasteiger partial charge in [-0.2, -0.15) is 0 Å². The predicted octanol–water partition coefficient (Wildman–Crippen LogP) is 3.36. The van der Waals surface area contributed by atoms with E-state index in [4.69, 9.17) is 0 Å². The highest BCUT2D eigenvalue weighted by molar-refractivity contribution is 9.10. The van der Waals surface area contributed by atoms with E-state index in [1.165, 1.54) is 31.0 Å². The van der Waals surface area contributed by atoms with Gasteiger partial charge >= 0.3 is 0 Å². The van der Waals surface area contributed by atoms with Crippen molar-refractivity contribution in [2.75, 3.05) is 6.54 Å². The summed E-state index contributed by atoms with van der Waals surface area (Å²) >= 11 is 3.07. The van der Waals surface area contributed by atoms with Crippen LogP contribution < -0.4 is 5.32 Å². The minimum absolute atomic E-state index is 0.141. The molecule has 1 atom stereocenters. The van der Waals surface area contributed by atoms with Gasteiger partial charge in [0.05, 0.1) is 4.47 Å². The lowest BCUT2D eigenvalue weighted by atomic mass is 10.1. The smallest absolute Gasteiger partial charge is 0.251 e. The Hall–Kier alpha value is -0.900. The zero-order chi connectivity index (χ0) is 12.4. The molecule has 1 fully saturated rings. The number of halogens is 2. The predicted molar refractivity (Wildman–Crippen MR) is 68.3 cm³/mol. The second kappa shape index (κ2) is 5.17. The van der Waals surface area contributed by atoms with E-state index in [-0.39, 0.29) is 11.7 Å². The average molecular weight is 300 g/mol. The van der Waals surface area contributed by atoms with Crippen molar-refractivity contribution < 1.29 is 9.18 Å². The average Bonchev–Trinajstić information content (AvgIpc) is 3.13. The van der Waals surface area contributed by atoms with Gasteiger partial charge in [0.2, 0.25) is 0 Å². The van der Waals surface area contributed by atoms with Gasteiger partial charge in [0.1, 0.15) is 5.82 Å². The Bertz CT molecular complexity index is 431. The Morgan fingerprint density at radius 3 is 2.88 bits per heavy atom. The van der Waals surface area contributed by atoms with Crippen LogP contribution in [0.1, 0.15) is 30.1 Å². The third kappa shape index (κ3) is 3.28. The molecule has 1 aliphatic carbocycles. The van der Waals surface area contributed by atoms with E-state index >= 15 is 0 Å². The first-order valence-electron chi connectivity index (χ1n) is 5.81. The largest absolute Gasteiger partial charge is 0.352 e. The third-order valence-corrected chi connectivity index (χ3v) is 3.80. The van der Waals surface area contributed by atoms with Crippen LogP contribution in [0.25, 0.3) is 0 Å². The van der Waals surface area contributed by atoms with Gasteiger partial charge in [-0.05, 0) is 58.8 Å². The van der Waals surface area contributed by atoms with Crippen LogP contribution >= 0.6 is 15.9 Å². The van der Waals surface area contributed by atoms with Crippen LogP contribution in [0.2, 0.25) is 0 Å². The van der Waals surface area contributed by atoms with Crippen molar-refractivity contribution in [2.45, 2.75) is 19.8 Å². The zero-order valence-electron chi connectivity index (χ0n) is 9.67. The molecule has 1 amide bonds. The summed E-state index contributed by atoms with van der Waals surface area (Å²) in [4.78, 5) is 11.8. The molecule has 0 aromatic heterocycles. The minimum atomic E-state index is -0.354. The lowest BCUT2D eigenvalue weighted by Crippen LogP contribution is -2.29. The summed E-state index contributed by atoms with van der Waals surface area (Å²) in [6, 6.07) is 4.30. The molecule has 0 aliphatic heterocycles. The number of carbonyl (C=O) groups is 1. The molecular formula is C13H15BrFNO. The lowest BCUT2D eigenvalue weighted by Gasteiger charge is -2.11.